The molecule has 10 heteroatoms. The van der Waals surface area contributed by atoms with Crippen LogP contribution in [0.4, 0.5) is 0 Å². The second kappa shape index (κ2) is 10.0. The number of hydrogen-bond acceptors (Lipinski definition) is 7. The lowest BCUT2D eigenvalue weighted by atomic mass is 10.0. The molecule has 0 aromatic carbocycles. The molecule has 3 heterocycles. The molecule has 0 radical (unpaired) electrons. The molecule has 0 bridgehead atoms. The van der Waals surface area contributed by atoms with Crippen LogP contribution in [0.3, 0.4) is 0 Å². The lowest BCUT2D eigenvalue weighted by molar-refractivity contribution is 0.0158. The van der Waals surface area contributed by atoms with Gasteiger partial charge in [-0.05, 0) is 25.3 Å². The lowest BCUT2D eigenvalue weighted by Gasteiger charge is -2.39. The molecular weight excluding hydrogens is 408 g/mol. The topological polar surface area (TPSA) is 92.3 Å². The number of ether oxygens (including phenoxy) is 2. The maximum absolute atomic E-state index is 12.8. The van der Waals surface area contributed by atoms with Crippen LogP contribution in [0.1, 0.15) is 29.6 Å². The monoisotopic (exact) mass is 440 g/mol. The Balaban J connectivity index is 1.64. The van der Waals surface area contributed by atoms with E-state index in [2.05, 4.69) is 9.88 Å². The van der Waals surface area contributed by atoms with E-state index in [4.69, 9.17) is 9.47 Å². The molecule has 0 saturated carbocycles. The van der Waals surface area contributed by atoms with Crippen LogP contribution in [-0.2, 0) is 14.8 Å². The molecule has 0 N–H and O–H groups in total. The summed E-state index contributed by atoms with van der Waals surface area (Å²) in [4.78, 5) is 21.0. The third-order valence-corrected chi connectivity index (χ3v) is 7.23. The quantitative estimate of drug-likeness (QED) is 0.587. The summed E-state index contributed by atoms with van der Waals surface area (Å²) in [7, 11) is 0.134. The standard InChI is InChI=1S/C20H32N4O5S/c1-22(20(25)16-4-5-19(28-2)21-14-16)10-11-24(17-7-12-29-13-8-17)18-6-9-23(15-18)30(3,26)27/h4-5,14,17-18H,6-13,15H2,1-3H3. The van der Waals surface area contributed by atoms with Gasteiger partial charge in [-0.15, -0.1) is 0 Å². The fraction of sp³-hybridized carbons (Fsp3) is 0.700. The Kier molecular flexibility index (Phi) is 7.67. The number of carbonyl (C=O) groups excluding carboxylic acids is 1. The Morgan fingerprint density at radius 3 is 2.53 bits per heavy atom. The number of methoxy groups -OCH3 is 1. The maximum Gasteiger partial charge on any atom is 0.255 e. The minimum absolute atomic E-state index is 0.0961. The van der Waals surface area contributed by atoms with E-state index in [1.165, 1.54) is 19.6 Å². The number of rotatable bonds is 8. The van der Waals surface area contributed by atoms with Crippen LogP contribution in [0.5, 0.6) is 5.88 Å². The molecule has 168 valence electrons. The van der Waals surface area contributed by atoms with Crippen molar-refractivity contribution in [3.05, 3.63) is 23.9 Å². The predicted octanol–water partition coefficient (Wildman–Crippen LogP) is 0.677. The first-order valence-corrected chi connectivity index (χ1v) is 12.2. The normalized spacial score (nSPS) is 21.1. The van der Waals surface area contributed by atoms with Crippen LogP contribution >= 0.6 is 0 Å². The van der Waals surface area contributed by atoms with Crippen molar-refractivity contribution in [2.24, 2.45) is 0 Å². The highest BCUT2D eigenvalue weighted by Crippen LogP contribution is 2.24. The molecule has 1 aromatic rings. The molecule has 30 heavy (non-hydrogen) atoms. The minimum atomic E-state index is -3.19. The molecule has 1 unspecified atom stereocenters. The van der Waals surface area contributed by atoms with E-state index < -0.39 is 10.0 Å². The van der Waals surface area contributed by atoms with Crippen LogP contribution in [0.2, 0.25) is 0 Å². The van der Waals surface area contributed by atoms with Crippen molar-refractivity contribution >= 4 is 15.9 Å². The van der Waals surface area contributed by atoms with Gasteiger partial charge in [-0.2, -0.15) is 0 Å². The molecule has 0 aliphatic carbocycles. The Labute approximate surface area is 179 Å². The average Bonchev–Trinajstić information content (AvgIpc) is 3.24. The molecule has 1 atom stereocenters. The smallest absolute Gasteiger partial charge is 0.255 e. The summed E-state index contributed by atoms with van der Waals surface area (Å²) in [6.07, 6.45) is 5.45. The van der Waals surface area contributed by atoms with Crippen molar-refractivity contribution < 1.29 is 22.7 Å². The third kappa shape index (κ3) is 5.69. The zero-order chi connectivity index (χ0) is 21.7. The van der Waals surface area contributed by atoms with E-state index in [9.17, 15) is 13.2 Å². The SMILES string of the molecule is COc1ccc(C(=O)N(C)CCN(C2CCOCC2)C2CCN(S(C)(=O)=O)C2)cn1. The summed E-state index contributed by atoms with van der Waals surface area (Å²) in [5.74, 6) is 0.373. The van der Waals surface area contributed by atoms with Crippen LogP contribution < -0.4 is 4.74 Å². The van der Waals surface area contributed by atoms with Gasteiger partial charge in [0.15, 0.2) is 0 Å². The van der Waals surface area contributed by atoms with Crippen molar-refractivity contribution in [2.75, 3.05) is 59.8 Å². The van der Waals surface area contributed by atoms with Gasteiger partial charge in [0.2, 0.25) is 15.9 Å². The van der Waals surface area contributed by atoms with E-state index in [-0.39, 0.29) is 11.9 Å². The number of amides is 1. The first-order valence-electron chi connectivity index (χ1n) is 10.3. The Morgan fingerprint density at radius 1 is 1.23 bits per heavy atom. The number of carbonyl (C=O) groups is 1. The molecule has 1 amide bonds. The van der Waals surface area contributed by atoms with Crippen LogP contribution in [-0.4, -0.2) is 105 Å². The minimum Gasteiger partial charge on any atom is -0.481 e. The van der Waals surface area contributed by atoms with Gasteiger partial charge >= 0.3 is 0 Å². The number of nitrogens with zero attached hydrogens (tertiary/aromatic N) is 4. The molecule has 2 saturated heterocycles. The molecule has 2 fully saturated rings. The first kappa shape index (κ1) is 22.9. The highest BCUT2D eigenvalue weighted by Gasteiger charge is 2.36. The number of pyridine rings is 1. The zero-order valence-corrected chi connectivity index (χ0v) is 18.8. The first-order chi connectivity index (χ1) is 14.3. The largest absolute Gasteiger partial charge is 0.481 e. The zero-order valence-electron chi connectivity index (χ0n) is 18.0. The van der Waals surface area contributed by atoms with Gasteiger partial charge in [-0.1, -0.05) is 0 Å². The molecule has 2 aliphatic heterocycles. The van der Waals surface area contributed by atoms with Gasteiger partial charge in [-0.25, -0.2) is 17.7 Å². The Hall–Kier alpha value is -1.75. The van der Waals surface area contributed by atoms with Crippen molar-refractivity contribution in [1.82, 2.24) is 19.1 Å². The van der Waals surface area contributed by atoms with Gasteiger partial charge in [0.25, 0.3) is 5.91 Å². The molecule has 2 aliphatic rings. The van der Waals surface area contributed by atoms with Gasteiger partial charge < -0.3 is 14.4 Å². The van der Waals surface area contributed by atoms with E-state index in [0.717, 1.165) is 32.5 Å². The van der Waals surface area contributed by atoms with E-state index in [0.29, 0.717) is 43.7 Å². The number of aromatic nitrogens is 1. The number of sulfonamides is 1. The number of likely N-dealkylation sites (N-methyl/N-ethyl adjacent to an activating group) is 1. The van der Waals surface area contributed by atoms with Gasteiger partial charge in [0, 0.05) is 70.8 Å². The maximum atomic E-state index is 12.8. The van der Waals surface area contributed by atoms with Crippen LogP contribution in [0.25, 0.3) is 0 Å². The van der Waals surface area contributed by atoms with E-state index in [1.54, 1.807) is 28.4 Å². The van der Waals surface area contributed by atoms with Gasteiger partial charge in [0.05, 0.1) is 18.9 Å². The molecule has 9 nitrogen and oxygen atoms in total. The van der Waals surface area contributed by atoms with Crippen molar-refractivity contribution in [3.8, 4) is 5.88 Å². The fourth-order valence-electron chi connectivity index (χ4n) is 4.18. The average molecular weight is 441 g/mol. The van der Waals surface area contributed by atoms with Gasteiger partial charge in [0.1, 0.15) is 0 Å². The third-order valence-electron chi connectivity index (χ3n) is 5.96. The molecule has 1 aromatic heterocycles. The summed E-state index contributed by atoms with van der Waals surface area (Å²) in [6.45, 7) is 3.74. The highest BCUT2D eigenvalue weighted by molar-refractivity contribution is 7.88. The second-order valence-corrected chi connectivity index (χ2v) is 9.94. The van der Waals surface area contributed by atoms with Crippen LogP contribution in [0.15, 0.2) is 18.3 Å². The number of hydrogen-bond donors (Lipinski definition) is 0. The van der Waals surface area contributed by atoms with Crippen molar-refractivity contribution in [3.63, 3.8) is 0 Å². The van der Waals surface area contributed by atoms with Crippen molar-refractivity contribution in [1.29, 1.82) is 0 Å². The molecule has 3 rings (SSSR count). The predicted molar refractivity (Wildman–Crippen MR) is 113 cm³/mol. The van der Waals surface area contributed by atoms with Crippen LogP contribution in [0, 0.1) is 0 Å². The second-order valence-electron chi connectivity index (χ2n) is 7.96. The van der Waals surface area contributed by atoms with E-state index in [1.807, 2.05) is 0 Å². The lowest BCUT2D eigenvalue weighted by Crippen LogP contribution is -2.50. The molecular formula is C20H32N4O5S. The Morgan fingerprint density at radius 2 is 1.97 bits per heavy atom. The summed E-state index contributed by atoms with van der Waals surface area (Å²) in [5.41, 5.74) is 0.514. The fourth-order valence-corrected chi connectivity index (χ4v) is 5.06. The highest BCUT2D eigenvalue weighted by atomic mass is 32.2. The van der Waals surface area contributed by atoms with E-state index >= 15 is 0 Å². The summed E-state index contributed by atoms with van der Waals surface area (Å²) in [5, 5.41) is 0. The van der Waals surface area contributed by atoms with Crippen molar-refractivity contribution in [2.45, 2.75) is 31.3 Å². The Bertz CT molecular complexity index is 811. The summed E-state index contributed by atoms with van der Waals surface area (Å²) >= 11 is 0. The molecule has 0 spiro atoms. The summed E-state index contributed by atoms with van der Waals surface area (Å²) in [6, 6.07) is 3.89. The summed E-state index contributed by atoms with van der Waals surface area (Å²) < 4.78 is 36.0. The van der Waals surface area contributed by atoms with Gasteiger partial charge in [-0.3, -0.25) is 9.69 Å².